The summed E-state index contributed by atoms with van der Waals surface area (Å²) in [7, 11) is 0. The van der Waals surface area contributed by atoms with E-state index in [4.69, 9.17) is 5.73 Å². The second kappa shape index (κ2) is 6.10. The van der Waals surface area contributed by atoms with Crippen molar-refractivity contribution >= 4 is 23.4 Å². The van der Waals surface area contributed by atoms with Crippen LogP contribution in [0.1, 0.15) is 11.3 Å². The molecular weight excluding hydrogens is 320 g/mol. The van der Waals surface area contributed by atoms with Crippen LogP contribution < -0.4 is 10.6 Å². The normalized spacial score (nSPS) is 17.2. The van der Waals surface area contributed by atoms with Gasteiger partial charge in [-0.25, -0.2) is 9.97 Å². The molecule has 2 aromatic heterocycles. The van der Waals surface area contributed by atoms with Crippen molar-refractivity contribution < 1.29 is 0 Å². The highest BCUT2D eigenvalue weighted by Crippen LogP contribution is 2.39. The molecule has 3 heterocycles. The minimum atomic E-state index is -0.264. The summed E-state index contributed by atoms with van der Waals surface area (Å²) in [5.74, 6) is 0.596. The third-order valence-corrected chi connectivity index (χ3v) is 4.64. The quantitative estimate of drug-likeness (QED) is 0.765. The zero-order valence-corrected chi connectivity index (χ0v) is 13.9. The SMILES string of the molecule is Cc1ccnc(N2C(c3c[nH]nc3-c3ccccc3)=CSC2N)n1. The third-order valence-electron chi connectivity index (χ3n) is 3.79. The predicted molar refractivity (Wildman–Crippen MR) is 96.8 cm³/mol. The van der Waals surface area contributed by atoms with E-state index in [1.165, 1.54) is 11.8 Å². The largest absolute Gasteiger partial charge is 0.302 e. The Morgan fingerprint density at radius 1 is 1.21 bits per heavy atom. The Labute approximate surface area is 143 Å². The first-order valence-electron chi connectivity index (χ1n) is 7.54. The van der Waals surface area contributed by atoms with Crippen LogP contribution in [0.2, 0.25) is 0 Å². The molecule has 3 N–H and O–H groups in total. The zero-order chi connectivity index (χ0) is 16.5. The number of hydrogen-bond acceptors (Lipinski definition) is 6. The summed E-state index contributed by atoms with van der Waals surface area (Å²) in [6.45, 7) is 1.94. The van der Waals surface area contributed by atoms with Crippen molar-refractivity contribution in [2.45, 2.75) is 12.4 Å². The molecule has 3 aromatic rings. The molecule has 0 amide bonds. The van der Waals surface area contributed by atoms with Gasteiger partial charge in [0.25, 0.3) is 0 Å². The molecule has 1 aliphatic rings. The van der Waals surface area contributed by atoms with Crippen molar-refractivity contribution in [3.8, 4) is 11.3 Å². The number of thioether (sulfide) groups is 1. The number of anilines is 1. The molecule has 0 radical (unpaired) electrons. The highest BCUT2D eigenvalue weighted by Gasteiger charge is 2.30. The van der Waals surface area contributed by atoms with Gasteiger partial charge < -0.3 is 5.73 Å². The Morgan fingerprint density at radius 2 is 2.04 bits per heavy atom. The topological polar surface area (TPSA) is 83.7 Å². The average molecular weight is 336 g/mol. The summed E-state index contributed by atoms with van der Waals surface area (Å²) in [4.78, 5) is 10.8. The van der Waals surface area contributed by atoms with Crippen LogP contribution in [0, 0.1) is 6.92 Å². The lowest BCUT2D eigenvalue weighted by atomic mass is 10.1. The number of nitrogens with zero attached hydrogens (tertiary/aromatic N) is 4. The molecule has 0 fully saturated rings. The standard InChI is InChI=1S/C17H16N6S/c1-11-7-8-19-17(21-11)23-14(10-24-16(23)18)13-9-20-22-15(13)12-5-3-2-4-6-12/h2-10,16H,18H2,1H3,(H,20,22). The maximum Gasteiger partial charge on any atom is 0.232 e. The van der Waals surface area contributed by atoms with E-state index in [0.717, 1.165) is 28.2 Å². The van der Waals surface area contributed by atoms with Gasteiger partial charge >= 0.3 is 0 Å². The van der Waals surface area contributed by atoms with E-state index in [-0.39, 0.29) is 5.50 Å². The van der Waals surface area contributed by atoms with Crippen LogP contribution in [0.4, 0.5) is 5.95 Å². The molecule has 120 valence electrons. The van der Waals surface area contributed by atoms with E-state index >= 15 is 0 Å². The summed E-state index contributed by atoms with van der Waals surface area (Å²) in [5, 5.41) is 9.42. The fourth-order valence-electron chi connectivity index (χ4n) is 2.66. The lowest BCUT2D eigenvalue weighted by molar-refractivity contribution is 0.881. The molecule has 0 saturated heterocycles. The van der Waals surface area contributed by atoms with E-state index in [0.29, 0.717) is 5.95 Å². The Morgan fingerprint density at radius 3 is 2.83 bits per heavy atom. The number of H-pyrrole nitrogens is 1. The van der Waals surface area contributed by atoms with E-state index in [9.17, 15) is 0 Å². The maximum absolute atomic E-state index is 6.27. The second-order valence-corrected chi connectivity index (χ2v) is 6.40. The van der Waals surface area contributed by atoms with Crippen LogP contribution in [0.15, 0.2) is 54.2 Å². The Hall–Kier alpha value is -2.64. The molecule has 6 nitrogen and oxygen atoms in total. The molecule has 1 unspecified atom stereocenters. The molecule has 1 aliphatic heterocycles. The van der Waals surface area contributed by atoms with Crippen molar-refractivity contribution in [1.82, 2.24) is 20.2 Å². The monoisotopic (exact) mass is 336 g/mol. The van der Waals surface area contributed by atoms with Crippen molar-refractivity contribution in [3.63, 3.8) is 0 Å². The highest BCUT2D eigenvalue weighted by molar-refractivity contribution is 8.03. The number of nitrogens with two attached hydrogens (primary N) is 1. The minimum absolute atomic E-state index is 0.264. The molecule has 0 saturated carbocycles. The fourth-order valence-corrected chi connectivity index (χ4v) is 3.50. The molecule has 0 aliphatic carbocycles. The van der Waals surface area contributed by atoms with Gasteiger partial charge in [0.15, 0.2) is 0 Å². The Bertz CT molecular complexity index is 889. The highest BCUT2D eigenvalue weighted by atomic mass is 32.2. The van der Waals surface area contributed by atoms with Gasteiger partial charge in [-0.15, -0.1) is 0 Å². The molecule has 24 heavy (non-hydrogen) atoms. The maximum atomic E-state index is 6.27. The molecule has 4 rings (SSSR count). The zero-order valence-electron chi connectivity index (χ0n) is 13.0. The summed E-state index contributed by atoms with van der Waals surface area (Å²) >= 11 is 1.54. The Kier molecular flexibility index (Phi) is 3.79. The first-order valence-corrected chi connectivity index (χ1v) is 8.48. The summed E-state index contributed by atoms with van der Waals surface area (Å²) in [6.07, 6.45) is 3.63. The van der Waals surface area contributed by atoms with Gasteiger partial charge in [0.1, 0.15) is 11.2 Å². The van der Waals surface area contributed by atoms with Gasteiger partial charge in [-0.3, -0.25) is 10.00 Å². The van der Waals surface area contributed by atoms with Gasteiger partial charge in [-0.2, -0.15) is 5.10 Å². The van der Waals surface area contributed by atoms with E-state index in [2.05, 4.69) is 20.2 Å². The van der Waals surface area contributed by atoms with Crippen molar-refractivity contribution in [2.24, 2.45) is 5.73 Å². The van der Waals surface area contributed by atoms with Crippen molar-refractivity contribution in [1.29, 1.82) is 0 Å². The van der Waals surface area contributed by atoms with Gasteiger partial charge in [-0.05, 0) is 18.4 Å². The third kappa shape index (κ3) is 2.57. The first-order chi connectivity index (χ1) is 11.7. The second-order valence-electron chi connectivity index (χ2n) is 5.41. The smallest absolute Gasteiger partial charge is 0.232 e. The molecule has 7 heteroatoms. The van der Waals surface area contributed by atoms with Crippen LogP contribution in [-0.4, -0.2) is 25.7 Å². The van der Waals surface area contributed by atoms with Crippen LogP contribution >= 0.6 is 11.8 Å². The molecule has 1 atom stereocenters. The van der Waals surface area contributed by atoms with Crippen LogP contribution in [0.5, 0.6) is 0 Å². The Balaban J connectivity index is 1.78. The van der Waals surface area contributed by atoms with Gasteiger partial charge in [0, 0.05) is 29.2 Å². The van der Waals surface area contributed by atoms with Crippen LogP contribution in [0.25, 0.3) is 17.0 Å². The molecule has 1 aromatic carbocycles. The summed E-state index contributed by atoms with van der Waals surface area (Å²) < 4.78 is 0. The molecule has 0 spiro atoms. The van der Waals surface area contributed by atoms with Crippen molar-refractivity contribution in [3.05, 3.63) is 65.5 Å². The van der Waals surface area contributed by atoms with Crippen LogP contribution in [-0.2, 0) is 0 Å². The lowest BCUT2D eigenvalue weighted by Crippen LogP contribution is -2.36. The summed E-state index contributed by atoms with van der Waals surface area (Å²) in [6, 6.07) is 11.9. The fraction of sp³-hybridized carbons (Fsp3) is 0.118. The number of rotatable bonds is 3. The van der Waals surface area contributed by atoms with Crippen molar-refractivity contribution in [2.75, 3.05) is 4.90 Å². The van der Waals surface area contributed by atoms with Gasteiger partial charge in [-0.1, -0.05) is 42.1 Å². The first kappa shape index (κ1) is 14.9. The number of aromatic nitrogens is 4. The molecule has 0 bridgehead atoms. The predicted octanol–water partition coefficient (Wildman–Crippen LogP) is 2.97. The van der Waals surface area contributed by atoms with E-state index < -0.39 is 0 Å². The lowest BCUT2D eigenvalue weighted by Gasteiger charge is -2.24. The average Bonchev–Trinajstić information content (AvgIpc) is 3.22. The number of benzene rings is 1. The number of aryl methyl sites for hydroxylation is 1. The summed E-state index contributed by atoms with van der Waals surface area (Å²) in [5.41, 5.74) is 10.8. The van der Waals surface area contributed by atoms with Crippen LogP contribution in [0.3, 0.4) is 0 Å². The molecular formula is C17H16N6S. The number of nitrogens with one attached hydrogen (secondary N) is 1. The minimum Gasteiger partial charge on any atom is -0.302 e. The van der Waals surface area contributed by atoms with E-state index in [1.54, 1.807) is 6.20 Å². The van der Waals surface area contributed by atoms with E-state index in [1.807, 2.05) is 59.8 Å². The van der Waals surface area contributed by atoms with Gasteiger partial charge in [0.05, 0.1) is 5.70 Å². The van der Waals surface area contributed by atoms with Gasteiger partial charge in [0.2, 0.25) is 5.95 Å². The number of hydrogen-bond donors (Lipinski definition) is 2. The number of aromatic amines is 1.